The summed E-state index contributed by atoms with van der Waals surface area (Å²) < 4.78 is 0. The van der Waals surface area contributed by atoms with Gasteiger partial charge in [-0.25, -0.2) is 4.79 Å². The molecule has 1 aromatic rings. The molecule has 0 aliphatic carbocycles. The van der Waals surface area contributed by atoms with Crippen LogP contribution in [0.25, 0.3) is 0 Å². The molecule has 1 saturated heterocycles. The van der Waals surface area contributed by atoms with E-state index in [9.17, 15) is 14.7 Å². The molecular formula is C13H14ClNO4. The molecule has 0 spiro atoms. The van der Waals surface area contributed by atoms with Crippen LogP contribution in [0.3, 0.4) is 0 Å². The third-order valence-electron chi connectivity index (χ3n) is 3.15. The van der Waals surface area contributed by atoms with Gasteiger partial charge >= 0.3 is 5.97 Å². The van der Waals surface area contributed by atoms with Crippen molar-refractivity contribution in [3.63, 3.8) is 0 Å². The molecule has 102 valence electrons. The predicted molar refractivity (Wildman–Crippen MR) is 68.9 cm³/mol. The van der Waals surface area contributed by atoms with Crippen LogP contribution < -0.4 is 0 Å². The van der Waals surface area contributed by atoms with E-state index in [1.165, 1.54) is 4.90 Å². The number of β-amino-alcohol motifs (C(OH)–C–C–N with tert-alkyl or cyclic N) is 1. The van der Waals surface area contributed by atoms with Gasteiger partial charge in [0.2, 0.25) is 5.91 Å². The molecule has 2 rings (SSSR count). The number of aliphatic carboxylic acids is 1. The molecular weight excluding hydrogens is 270 g/mol. The SMILES string of the molecule is O=C(O)C1CC(O)CN1C(=O)Cc1ccc(Cl)cc1. The number of aliphatic hydroxyl groups is 1. The zero-order valence-electron chi connectivity index (χ0n) is 10.1. The summed E-state index contributed by atoms with van der Waals surface area (Å²) in [6, 6.07) is 5.87. The number of hydrogen-bond acceptors (Lipinski definition) is 3. The summed E-state index contributed by atoms with van der Waals surface area (Å²) in [6.07, 6.45) is -0.578. The van der Waals surface area contributed by atoms with Gasteiger partial charge in [0.25, 0.3) is 0 Å². The maximum Gasteiger partial charge on any atom is 0.326 e. The van der Waals surface area contributed by atoms with Gasteiger partial charge in [0.05, 0.1) is 12.5 Å². The summed E-state index contributed by atoms with van der Waals surface area (Å²) in [7, 11) is 0. The van der Waals surface area contributed by atoms with Gasteiger partial charge in [-0.2, -0.15) is 0 Å². The molecule has 1 aliphatic rings. The zero-order valence-corrected chi connectivity index (χ0v) is 10.9. The first-order chi connectivity index (χ1) is 8.97. The molecule has 1 amide bonds. The molecule has 2 unspecified atom stereocenters. The maximum absolute atomic E-state index is 12.1. The van der Waals surface area contributed by atoms with Gasteiger partial charge in [0, 0.05) is 18.0 Å². The van der Waals surface area contributed by atoms with Gasteiger partial charge < -0.3 is 15.1 Å². The Morgan fingerprint density at radius 1 is 1.32 bits per heavy atom. The highest BCUT2D eigenvalue weighted by atomic mass is 35.5. The first-order valence-electron chi connectivity index (χ1n) is 5.92. The van der Waals surface area contributed by atoms with Crippen molar-refractivity contribution >= 4 is 23.5 Å². The minimum absolute atomic E-state index is 0.0728. The topological polar surface area (TPSA) is 77.8 Å². The maximum atomic E-state index is 12.1. The van der Waals surface area contributed by atoms with Crippen molar-refractivity contribution in [3.8, 4) is 0 Å². The Labute approximate surface area is 115 Å². The number of benzene rings is 1. The Bertz CT molecular complexity index is 488. The molecule has 0 bridgehead atoms. The van der Waals surface area contributed by atoms with Crippen LogP contribution in [0, 0.1) is 0 Å². The number of likely N-dealkylation sites (tertiary alicyclic amines) is 1. The molecule has 1 heterocycles. The molecule has 0 radical (unpaired) electrons. The van der Waals surface area contributed by atoms with Crippen LogP contribution in [0.5, 0.6) is 0 Å². The number of carbonyl (C=O) groups is 2. The van der Waals surface area contributed by atoms with Crippen LogP contribution in [-0.2, 0) is 16.0 Å². The Hall–Kier alpha value is -1.59. The number of carboxylic acids is 1. The summed E-state index contributed by atoms with van der Waals surface area (Å²) in [5.74, 6) is -1.38. The number of carboxylic acid groups (broad SMARTS) is 1. The fraction of sp³-hybridized carbons (Fsp3) is 0.385. The summed E-state index contributed by atoms with van der Waals surface area (Å²) in [4.78, 5) is 24.3. The lowest BCUT2D eigenvalue weighted by atomic mass is 10.1. The van der Waals surface area contributed by atoms with Crippen LogP contribution in [0.15, 0.2) is 24.3 Å². The van der Waals surface area contributed by atoms with Crippen molar-refractivity contribution in [2.75, 3.05) is 6.54 Å². The standard InChI is InChI=1S/C13H14ClNO4/c14-9-3-1-8(2-4-9)5-12(17)15-7-10(16)6-11(15)13(18)19/h1-4,10-11,16H,5-7H2,(H,18,19). The van der Waals surface area contributed by atoms with E-state index in [1.54, 1.807) is 24.3 Å². The molecule has 1 aliphatic heterocycles. The van der Waals surface area contributed by atoms with Crippen molar-refractivity contribution in [1.29, 1.82) is 0 Å². The number of nitrogens with zero attached hydrogens (tertiary/aromatic N) is 1. The van der Waals surface area contributed by atoms with Gasteiger partial charge in [-0.15, -0.1) is 0 Å². The second kappa shape index (κ2) is 5.59. The highest BCUT2D eigenvalue weighted by Gasteiger charge is 2.38. The molecule has 0 saturated carbocycles. The number of carbonyl (C=O) groups excluding carboxylic acids is 1. The predicted octanol–water partition coefficient (Wildman–Crippen LogP) is 0.929. The number of rotatable bonds is 3. The molecule has 1 aromatic carbocycles. The van der Waals surface area contributed by atoms with Crippen LogP contribution in [0.1, 0.15) is 12.0 Å². The third-order valence-corrected chi connectivity index (χ3v) is 3.40. The Morgan fingerprint density at radius 2 is 1.95 bits per heavy atom. The molecule has 6 heteroatoms. The van der Waals surface area contributed by atoms with Crippen molar-refractivity contribution in [1.82, 2.24) is 4.90 Å². The number of halogens is 1. The fourth-order valence-electron chi connectivity index (χ4n) is 2.20. The van der Waals surface area contributed by atoms with E-state index in [4.69, 9.17) is 16.7 Å². The average Bonchev–Trinajstić information content (AvgIpc) is 2.74. The van der Waals surface area contributed by atoms with Crippen LogP contribution >= 0.6 is 11.6 Å². The zero-order chi connectivity index (χ0) is 14.0. The van der Waals surface area contributed by atoms with Crippen molar-refractivity contribution in [2.24, 2.45) is 0 Å². The van der Waals surface area contributed by atoms with Gasteiger partial charge in [0.1, 0.15) is 6.04 Å². The van der Waals surface area contributed by atoms with Gasteiger partial charge in [-0.1, -0.05) is 23.7 Å². The lowest BCUT2D eigenvalue weighted by molar-refractivity contribution is -0.148. The van der Waals surface area contributed by atoms with E-state index < -0.39 is 18.1 Å². The minimum Gasteiger partial charge on any atom is -0.480 e. The van der Waals surface area contributed by atoms with E-state index in [0.717, 1.165) is 5.56 Å². The second-order valence-corrected chi connectivity index (χ2v) is 5.03. The highest BCUT2D eigenvalue weighted by molar-refractivity contribution is 6.30. The van der Waals surface area contributed by atoms with Gasteiger partial charge in [-0.3, -0.25) is 4.79 Å². The lowest BCUT2D eigenvalue weighted by Crippen LogP contribution is -2.41. The summed E-state index contributed by atoms with van der Waals surface area (Å²) in [6.45, 7) is 0.0728. The third kappa shape index (κ3) is 3.24. The Morgan fingerprint density at radius 3 is 2.53 bits per heavy atom. The second-order valence-electron chi connectivity index (χ2n) is 4.59. The monoisotopic (exact) mass is 283 g/mol. The molecule has 2 atom stereocenters. The first kappa shape index (κ1) is 13.8. The van der Waals surface area contributed by atoms with Crippen molar-refractivity contribution in [3.05, 3.63) is 34.9 Å². The summed E-state index contributed by atoms with van der Waals surface area (Å²) >= 11 is 5.75. The van der Waals surface area contributed by atoms with Crippen LogP contribution in [0.4, 0.5) is 0 Å². The fourth-order valence-corrected chi connectivity index (χ4v) is 2.33. The Kier molecular flexibility index (Phi) is 4.07. The van der Waals surface area contributed by atoms with E-state index in [-0.39, 0.29) is 25.3 Å². The quantitative estimate of drug-likeness (QED) is 0.865. The highest BCUT2D eigenvalue weighted by Crippen LogP contribution is 2.20. The smallest absolute Gasteiger partial charge is 0.326 e. The summed E-state index contributed by atoms with van der Waals surface area (Å²) in [5.41, 5.74) is 0.764. The lowest BCUT2D eigenvalue weighted by Gasteiger charge is -2.21. The van der Waals surface area contributed by atoms with Gasteiger partial charge in [-0.05, 0) is 17.7 Å². The average molecular weight is 284 g/mol. The largest absolute Gasteiger partial charge is 0.480 e. The van der Waals surface area contributed by atoms with Crippen LogP contribution in [0.2, 0.25) is 5.02 Å². The minimum atomic E-state index is -1.08. The van der Waals surface area contributed by atoms with E-state index in [1.807, 2.05) is 0 Å². The normalized spacial score (nSPS) is 22.5. The molecule has 19 heavy (non-hydrogen) atoms. The first-order valence-corrected chi connectivity index (χ1v) is 6.30. The van der Waals surface area contributed by atoms with Crippen molar-refractivity contribution < 1.29 is 19.8 Å². The molecule has 5 nitrogen and oxygen atoms in total. The van der Waals surface area contributed by atoms with Gasteiger partial charge in [0.15, 0.2) is 0 Å². The van der Waals surface area contributed by atoms with Crippen molar-refractivity contribution in [2.45, 2.75) is 25.0 Å². The van der Waals surface area contributed by atoms with Crippen LogP contribution in [-0.4, -0.2) is 45.7 Å². The molecule has 2 N–H and O–H groups in total. The molecule has 0 aromatic heterocycles. The van der Waals surface area contributed by atoms with E-state index in [0.29, 0.717) is 5.02 Å². The summed E-state index contributed by atoms with van der Waals surface area (Å²) in [5, 5.41) is 19.1. The van der Waals surface area contributed by atoms with E-state index >= 15 is 0 Å². The number of hydrogen-bond donors (Lipinski definition) is 2. The van der Waals surface area contributed by atoms with E-state index in [2.05, 4.69) is 0 Å². The Balaban J connectivity index is 2.06. The molecule has 1 fully saturated rings. The number of amides is 1. The number of aliphatic hydroxyl groups excluding tert-OH is 1.